The van der Waals surface area contributed by atoms with Gasteiger partial charge in [-0.05, 0) is 57.3 Å². The third kappa shape index (κ3) is 7.61. The van der Waals surface area contributed by atoms with Crippen LogP contribution in [0.4, 0.5) is 4.79 Å². The van der Waals surface area contributed by atoms with Crippen LogP contribution in [0, 0.1) is 11.8 Å². The molecule has 0 saturated heterocycles. The first kappa shape index (κ1) is 21.3. The van der Waals surface area contributed by atoms with Gasteiger partial charge in [0.05, 0.1) is 5.92 Å². The van der Waals surface area contributed by atoms with E-state index in [0.717, 1.165) is 37.7 Å². The Bertz CT molecular complexity index is 514. The van der Waals surface area contributed by atoms with E-state index in [4.69, 9.17) is 18.9 Å². The van der Waals surface area contributed by atoms with Crippen LogP contribution >= 0.6 is 0 Å². The summed E-state index contributed by atoms with van der Waals surface area (Å²) >= 11 is 0. The van der Waals surface area contributed by atoms with E-state index in [0.29, 0.717) is 25.7 Å². The Balaban J connectivity index is 1.59. The Morgan fingerprint density at radius 2 is 1.41 bits per heavy atom. The van der Waals surface area contributed by atoms with Crippen molar-refractivity contribution in [2.45, 2.75) is 70.5 Å². The number of carbonyl (C=O) groups excluding carboxylic acids is 3. The Morgan fingerprint density at radius 1 is 0.852 bits per heavy atom. The highest BCUT2D eigenvalue weighted by molar-refractivity contribution is 5.81. The average Bonchev–Trinajstić information content (AvgIpc) is 2.67. The summed E-state index contributed by atoms with van der Waals surface area (Å²) in [7, 11) is 0. The molecule has 0 amide bonds. The number of carbonyl (C=O) groups is 3. The molecular formula is C20H30O7. The largest absolute Gasteiger partial charge is 0.508 e. The molecule has 7 heteroatoms. The second-order valence-corrected chi connectivity index (χ2v) is 7.38. The van der Waals surface area contributed by atoms with Gasteiger partial charge in [-0.3, -0.25) is 4.79 Å². The minimum atomic E-state index is -0.785. The van der Waals surface area contributed by atoms with E-state index >= 15 is 0 Å². The van der Waals surface area contributed by atoms with E-state index in [-0.39, 0.29) is 37.3 Å². The molecule has 2 saturated carbocycles. The normalized spacial score (nSPS) is 27.9. The molecule has 0 unspecified atom stereocenters. The Morgan fingerprint density at radius 3 is 2.04 bits per heavy atom. The first-order valence-electron chi connectivity index (χ1n) is 9.81. The zero-order valence-corrected chi connectivity index (χ0v) is 16.0. The summed E-state index contributed by atoms with van der Waals surface area (Å²) in [6, 6.07) is 0. The predicted octanol–water partition coefficient (Wildman–Crippen LogP) is 3.55. The molecule has 27 heavy (non-hydrogen) atoms. The van der Waals surface area contributed by atoms with Crippen LogP contribution in [0.25, 0.3) is 0 Å². The standard InChI is InChI=1S/C20H30O7/c1-3-18(21)24-12-13-25-20(23)27-17-10-6-15(7-11-17)19(22)26-16-8-4-14(2)5-9-16/h3,14-17H,1,4-13H2,2H3. The lowest BCUT2D eigenvalue weighted by atomic mass is 9.86. The van der Waals surface area contributed by atoms with Crippen LogP contribution in [0.1, 0.15) is 58.3 Å². The number of ether oxygens (including phenoxy) is 4. The first-order chi connectivity index (χ1) is 13.0. The predicted molar refractivity (Wildman–Crippen MR) is 96.8 cm³/mol. The molecule has 0 radical (unpaired) electrons. The van der Waals surface area contributed by atoms with Crippen LogP contribution in [-0.4, -0.2) is 43.5 Å². The maximum atomic E-state index is 12.3. The van der Waals surface area contributed by atoms with Crippen molar-refractivity contribution in [1.82, 2.24) is 0 Å². The van der Waals surface area contributed by atoms with Gasteiger partial charge in [0.25, 0.3) is 0 Å². The van der Waals surface area contributed by atoms with Gasteiger partial charge in [0, 0.05) is 6.08 Å². The maximum Gasteiger partial charge on any atom is 0.508 e. The van der Waals surface area contributed by atoms with Gasteiger partial charge in [0.1, 0.15) is 25.4 Å². The number of hydrogen-bond acceptors (Lipinski definition) is 7. The van der Waals surface area contributed by atoms with Crippen molar-refractivity contribution in [2.24, 2.45) is 11.8 Å². The molecule has 2 aliphatic carbocycles. The third-order valence-corrected chi connectivity index (χ3v) is 5.23. The summed E-state index contributed by atoms with van der Waals surface area (Å²) in [6.07, 6.45) is 6.74. The van der Waals surface area contributed by atoms with E-state index in [2.05, 4.69) is 13.5 Å². The van der Waals surface area contributed by atoms with Crippen LogP contribution in [0.3, 0.4) is 0 Å². The van der Waals surface area contributed by atoms with E-state index in [9.17, 15) is 14.4 Å². The maximum absolute atomic E-state index is 12.3. The smallest absolute Gasteiger partial charge is 0.462 e. The lowest BCUT2D eigenvalue weighted by molar-refractivity contribution is -0.157. The van der Waals surface area contributed by atoms with Gasteiger partial charge in [-0.25, -0.2) is 9.59 Å². The Labute approximate surface area is 160 Å². The van der Waals surface area contributed by atoms with Gasteiger partial charge in [0.15, 0.2) is 0 Å². The van der Waals surface area contributed by atoms with Crippen LogP contribution < -0.4 is 0 Å². The molecule has 0 aromatic carbocycles. The summed E-state index contributed by atoms with van der Waals surface area (Å²) in [5.74, 6) is -0.0700. The second kappa shape index (κ2) is 10.9. The lowest BCUT2D eigenvalue weighted by Gasteiger charge is -2.30. The van der Waals surface area contributed by atoms with Crippen molar-refractivity contribution in [2.75, 3.05) is 13.2 Å². The molecule has 0 atom stereocenters. The summed E-state index contributed by atoms with van der Waals surface area (Å²) in [5.41, 5.74) is 0. The summed E-state index contributed by atoms with van der Waals surface area (Å²) in [6.45, 7) is 5.39. The number of hydrogen-bond donors (Lipinski definition) is 0. The Kier molecular flexibility index (Phi) is 8.61. The number of esters is 2. The SMILES string of the molecule is C=CC(=O)OCCOC(=O)OC1CCC(C(=O)OC2CCC(C)CC2)CC1. The molecule has 0 bridgehead atoms. The molecule has 2 aliphatic rings. The molecule has 0 spiro atoms. The topological polar surface area (TPSA) is 88.1 Å². The van der Waals surface area contributed by atoms with Gasteiger partial charge in [0.2, 0.25) is 0 Å². The van der Waals surface area contributed by atoms with E-state index in [1.165, 1.54) is 0 Å². The highest BCUT2D eigenvalue weighted by atomic mass is 16.7. The van der Waals surface area contributed by atoms with Gasteiger partial charge >= 0.3 is 18.1 Å². The molecule has 152 valence electrons. The third-order valence-electron chi connectivity index (χ3n) is 5.23. The zero-order chi connectivity index (χ0) is 19.6. The molecule has 2 fully saturated rings. The average molecular weight is 382 g/mol. The molecule has 7 nitrogen and oxygen atoms in total. The minimum Gasteiger partial charge on any atom is -0.462 e. The summed E-state index contributed by atoms with van der Waals surface area (Å²) < 4.78 is 20.5. The fraction of sp³-hybridized carbons (Fsp3) is 0.750. The highest BCUT2D eigenvalue weighted by Gasteiger charge is 2.31. The van der Waals surface area contributed by atoms with Crippen LogP contribution in [0.5, 0.6) is 0 Å². The van der Waals surface area contributed by atoms with Crippen LogP contribution in [0.15, 0.2) is 12.7 Å². The van der Waals surface area contributed by atoms with E-state index in [1.54, 1.807) is 0 Å². The molecule has 0 aliphatic heterocycles. The molecule has 0 heterocycles. The van der Waals surface area contributed by atoms with Crippen molar-refractivity contribution < 1.29 is 33.3 Å². The van der Waals surface area contributed by atoms with Gasteiger partial charge in [-0.1, -0.05) is 13.5 Å². The monoisotopic (exact) mass is 382 g/mol. The minimum absolute atomic E-state index is 0.0432. The van der Waals surface area contributed by atoms with E-state index < -0.39 is 12.1 Å². The fourth-order valence-electron chi connectivity index (χ4n) is 3.52. The van der Waals surface area contributed by atoms with Crippen molar-refractivity contribution in [1.29, 1.82) is 0 Å². The lowest BCUT2D eigenvalue weighted by Crippen LogP contribution is -2.32. The van der Waals surface area contributed by atoms with Gasteiger partial charge < -0.3 is 18.9 Å². The van der Waals surface area contributed by atoms with Crippen LogP contribution in [0.2, 0.25) is 0 Å². The second-order valence-electron chi connectivity index (χ2n) is 7.38. The fourth-order valence-corrected chi connectivity index (χ4v) is 3.52. The summed E-state index contributed by atoms with van der Waals surface area (Å²) in [5, 5.41) is 0. The number of rotatable bonds is 7. The van der Waals surface area contributed by atoms with Crippen molar-refractivity contribution in [3.63, 3.8) is 0 Å². The highest BCUT2D eigenvalue weighted by Crippen LogP contribution is 2.30. The molecule has 2 rings (SSSR count). The zero-order valence-electron chi connectivity index (χ0n) is 16.0. The van der Waals surface area contributed by atoms with E-state index in [1.807, 2.05) is 0 Å². The first-order valence-corrected chi connectivity index (χ1v) is 9.81. The molecule has 0 N–H and O–H groups in total. The van der Waals surface area contributed by atoms with Gasteiger partial charge in [-0.15, -0.1) is 0 Å². The van der Waals surface area contributed by atoms with Gasteiger partial charge in [-0.2, -0.15) is 0 Å². The molecule has 0 aromatic rings. The Hall–Kier alpha value is -2.05. The quantitative estimate of drug-likeness (QED) is 0.288. The molecular weight excluding hydrogens is 352 g/mol. The molecule has 0 aromatic heterocycles. The van der Waals surface area contributed by atoms with Crippen molar-refractivity contribution in [3.8, 4) is 0 Å². The van der Waals surface area contributed by atoms with Crippen molar-refractivity contribution in [3.05, 3.63) is 12.7 Å². The van der Waals surface area contributed by atoms with Crippen LogP contribution in [-0.2, 0) is 28.5 Å². The van der Waals surface area contributed by atoms with Crippen molar-refractivity contribution >= 4 is 18.1 Å². The summed E-state index contributed by atoms with van der Waals surface area (Å²) in [4.78, 5) is 34.8.